The van der Waals surface area contributed by atoms with Crippen molar-refractivity contribution >= 4 is 0 Å². The largest absolute Gasteiger partial charge is 0.356 e. The van der Waals surface area contributed by atoms with Crippen LogP contribution in [0.1, 0.15) is 31.7 Å². The first-order valence-electron chi connectivity index (χ1n) is 5.77. The fraction of sp³-hybridized carbons (Fsp3) is 0.538. The summed E-state index contributed by atoms with van der Waals surface area (Å²) in [7, 11) is 0. The second kappa shape index (κ2) is 5.99. The first-order chi connectivity index (χ1) is 7.35. The highest BCUT2D eigenvalue weighted by Gasteiger charge is 2.32. The van der Waals surface area contributed by atoms with Crippen LogP contribution in [0.3, 0.4) is 0 Å². The van der Waals surface area contributed by atoms with Crippen molar-refractivity contribution in [1.82, 2.24) is 11.5 Å². The maximum absolute atomic E-state index is 6.01. The molecule has 3 heteroatoms. The first kappa shape index (κ1) is 13.2. The van der Waals surface area contributed by atoms with Gasteiger partial charge in [0, 0.05) is 0 Å². The van der Waals surface area contributed by atoms with E-state index in [2.05, 4.69) is 36.5 Å². The van der Waals surface area contributed by atoms with Gasteiger partial charge in [0.05, 0.1) is 6.61 Å². The van der Waals surface area contributed by atoms with Crippen LogP contribution in [0.25, 0.3) is 0 Å². The Morgan fingerprint density at radius 1 is 1.31 bits per heavy atom. The predicted octanol–water partition coefficient (Wildman–Crippen LogP) is 2.85. The molecule has 0 saturated carbocycles. The topological polar surface area (TPSA) is 56.3 Å². The van der Waals surface area contributed by atoms with Gasteiger partial charge in [-0.3, -0.25) is 5.32 Å². The Bertz CT molecular complexity index is 294. The zero-order valence-corrected chi connectivity index (χ0v) is 10.0. The van der Waals surface area contributed by atoms with Crippen molar-refractivity contribution in [2.24, 2.45) is 0 Å². The molecule has 3 nitrogen and oxygen atoms in total. The Hall–Kier alpha value is -0.900. The second-order valence-corrected chi connectivity index (χ2v) is 4.15. The molecule has 0 radical (unpaired) electrons. The van der Waals surface area contributed by atoms with E-state index in [9.17, 15) is 0 Å². The molecule has 0 aromatic heterocycles. The third kappa shape index (κ3) is 3.04. The van der Waals surface area contributed by atoms with Gasteiger partial charge >= 0.3 is 0 Å². The molecule has 1 atom stereocenters. The van der Waals surface area contributed by atoms with Crippen molar-refractivity contribution in [2.45, 2.75) is 38.5 Å². The average Bonchev–Trinajstić information content (AvgIpc) is 2.77. The van der Waals surface area contributed by atoms with Gasteiger partial charge in [0.25, 0.3) is 0 Å². The minimum absolute atomic E-state index is 0. The summed E-state index contributed by atoms with van der Waals surface area (Å²) in [4.78, 5) is 0. The smallest absolute Gasteiger partial charge is 0.119 e. The van der Waals surface area contributed by atoms with E-state index < -0.39 is 0 Å². The lowest BCUT2D eigenvalue weighted by Crippen LogP contribution is -2.41. The highest BCUT2D eigenvalue weighted by atomic mass is 16.5. The predicted molar refractivity (Wildman–Crippen MR) is 66.5 cm³/mol. The summed E-state index contributed by atoms with van der Waals surface area (Å²) in [6, 6.07) is 10.4. The Morgan fingerprint density at radius 2 is 2.06 bits per heavy atom. The fourth-order valence-corrected chi connectivity index (χ4v) is 2.10. The van der Waals surface area contributed by atoms with E-state index in [0.717, 1.165) is 19.4 Å². The molecule has 1 saturated heterocycles. The Kier molecular flexibility index (Phi) is 4.93. The highest BCUT2D eigenvalue weighted by Crippen LogP contribution is 2.25. The summed E-state index contributed by atoms with van der Waals surface area (Å²) in [6.07, 6.45) is 3.40. The summed E-state index contributed by atoms with van der Waals surface area (Å²) in [6.45, 7) is 3.98. The zero-order chi connectivity index (χ0) is 10.6. The zero-order valence-electron chi connectivity index (χ0n) is 10.0. The van der Waals surface area contributed by atoms with Gasteiger partial charge in [0.2, 0.25) is 0 Å². The standard InChI is InChI=1S/C13H19NO.H3N/c1-2-13(9-6-10-14-13)15-11-12-7-4-3-5-8-12;/h3-5,7-8,14H,2,6,9-11H2,1H3;1H3. The van der Waals surface area contributed by atoms with Crippen molar-refractivity contribution in [3.05, 3.63) is 35.9 Å². The molecule has 0 aliphatic carbocycles. The molecule has 1 aromatic rings. The molecule has 1 aromatic carbocycles. The lowest BCUT2D eigenvalue weighted by atomic mass is 10.1. The average molecular weight is 222 g/mol. The highest BCUT2D eigenvalue weighted by molar-refractivity contribution is 5.13. The SMILES string of the molecule is CCC1(OCc2ccccc2)CCCN1.N. The summed E-state index contributed by atoms with van der Waals surface area (Å²) >= 11 is 0. The van der Waals surface area contributed by atoms with E-state index in [4.69, 9.17) is 4.74 Å². The lowest BCUT2D eigenvalue weighted by molar-refractivity contribution is -0.0709. The molecule has 1 heterocycles. The van der Waals surface area contributed by atoms with Crippen molar-refractivity contribution in [1.29, 1.82) is 0 Å². The molecule has 1 unspecified atom stereocenters. The minimum Gasteiger partial charge on any atom is -0.356 e. The molecular weight excluding hydrogens is 200 g/mol. The van der Waals surface area contributed by atoms with Gasteiger partial charge in [-0.15, -0.1) is 0 Å². The summed E-state index contributed by atoms with van der Waals surface area (Å²) in [5, 5.41) is 3.47. The van der Waals surface area contributed by atoms with Crippen LogP contribution < -0.4 is 11.5 Å². The lowest BCUT2D eigenvalue weighted by Gasteiger charge is -2.28. The molecule has 2 rings (SSSR count). The number of benzene rings is 1. The van der Waals surface area contributed by atoms with Crippen molar-refractivity contribution in [2.75, 3.05) is 6.54 Å². The number of hydrogen-bond acceptors (Lipinski definition) is 3. The number of rotatable bonds is 4. The van der Waals surface area contributed by atoms with E-state index in [1.165, 1.54) is 12.0 Å². The molecule has 4 N–H and O–H groups in total. The van der Waals surface area contributed by atoms with Crippen molar-refractivity contribution in [3.63, 3.8) is 0 Å². The van der Waals surface area contributed by atoms with E-state index in [1.807, 2.05) is 6.07 Å². The summed E-state index contributed by atoms with van der Waals surface area (Å²) in [5.74, 6) is 0. The quantitative estimate of drug-likeness (QED) is 0.823. The first-order valence-corrected chi connectivity index (χ1v) is 5.77. The third-order valence-electron chi connectivity index (χ3n) is 3.13. The fourth-order valence-electron chi connectivity index (χ4n) is 2.10. The van der Waals surface area contributed by atoms with Crippen LogP contribution in [0, 0.1) is 0 Å². The normalized spacial score (nSPS) is 24.1. The minimum atomic E-state index is -0.0597. The van der Waals surface area contributed by atoms with E-state index in [1.54, 1.807) is 0 Å². The molecule has 0 amide bonds. The number of ether oxygens (including phenoxy) is 1. The Morgan fingerprint density at radius 3 is 2.62 bits per heavy atom. The van der Waals surface area contributed by atoms with Crippen LogP contribution in [-0.4, -0.2) is 12.3 Å². The molecule has 0 bridgehead atoms. The second-order valence-electron chi connectivity index (χ2n) is 4.15. The third-order valence-corrected chi connectivity index (χ3v) is 3.13. The maximum Gasteiger partial charge on any atom is 0.119 e. The summed E-state index contributed by atoms with van der Waals surface area (Å²) in [5.41, 5.74) is 1.19. The van der Waals surface area contributed by atoms with Gasteiger partial charge < -0.3 is 10.9 Å². The molecule has 1 aliphatic heterocycles. The molecule has 0 spiro atoms. The monoisotopic (exact) mass is 222 g/mol. The Labute approximate surface area is 97.8 Å². The van der Waals surface area contributed by atoms with E-state index in [-0.39, 0.29) is 11.9 Å². The van der Waals surface area contributed by atoms with Crippen LogP contribution in [0.2, 0.25) is 0 Å². The van der Waals surface area contributed by atoms with Crippen LogP contribution in [0.15, 0.2) is 30.3 Å². The van der Waals surface area contributed by atoms with Gasteiger partial charge in [-0.1, -0.05) is 37.3 Å². The number of hydrogen-bond donors (Lipinski definition) is 2. The van der Waals surface area contributed by atoms with Gasteiger partial charge in [-0.05, 0) is 31.4 Å². The molecule has 1 aliphatic rings. The van der Waals surface area contributed by atoms with Gasteiger partial charge in [-0.25, -0.2) is 0 Å². The van der Waals surface area contributed by atoms with Crippen molar-refractivity contribution in [3.8, 4) is 0 Å². The molecule has 1 fully saturated rings. The maximum atomic E-state index is 6.01. The van der Waals surface area contributed by atoms with Gasteiger partial charge in [0.15, 0.2) is 0 Å². The van der Waals surface area contributed by atoms with Crippen LogP contribution in [-0.2, 0) is 11.3 Å². The number of nitrogens with one attached hydrogen (secondary N) is 1. The van der Waals surface area contributed by atoms with E-state index in [0.29, 0.717) is 6.61 Å². The summed E-state index contributed by atoms with van der Waals surface area (Å²) < 4.78 is 6.01. The van der Waals surface area contributed by atoms with Crippen LogP contribution in [0.4, 0.5) is 0 Å². The molecule has 16 heavy (non-hydrogen) atoms. The molecular formula is C13H22N2O. The van der Waals surface area contributed by atoms with E-state index >= 15 is 0 Å². The van der Waals surface area contributed by atoms with Crippen LogP contribution in [0.5, 0.6) is 0 Å². The molecule has 90 valence electrons. The Balaban J connectivity index is 0.00000128. The van der Waals surface area contributed by atoms with Crippen LogP contribution >= 0.6 is 0 Å². The van der Waals surface area contributed by atoms with Gasteiger partial charge in [0.1, 0.15) is 5.72 Å². The van der Waals surface area contributed by atoms with Gasteiger partial charge in [-0.2, -0.15) is 0 Å². The van der Waals surface area contributed by atoms with Crippen molar-refractivity contribution < 1.29 is 4.74 Å².